The summed E-state index contributed by atoms with van der Waals surface area (Å²) < 4.78 is 7.92. The van der Waals surface area contributed by atoms with Crippen LogP contribution in [0.1, 0.15) is 109 Å². The van der Waals surface area contributed by atoms with E-state index >= 15 is 0 Å². The van der Waals surface area contributed by atoms with Crippen LogP contribution in [-0.2, 0) is 14.9 Å². The first-order valence-corrected chi connectivity index (χ1v) is 17.2. The molecule has 5 atom stereocenters. The molecular weight excluding hydrogens is 600 g/mol. The van der Waals surface area contributed by atoms with Crippen molar-refractivity contribution >= 4 is 23.4 Å². The Bertz CT molecular complexity index is 1350. The van der Waals surface area contributed by atoms with Crippen molar-refractivity contribution in [3.63, 3.8) is 0 Å². The number of rotatable bonds is 7. The standard InChI is InChI=1S/C34H54N8O5/c1-33(2,3)22-12-14-23(15-13-22)38-32(46)36-19-16-25(43)41(4)20-24-27(44)28(45)31(47-24)42-21-37-26-29(35)39-34(40-30(26)42)17-10-8-6-5-7-9-11-18-34/h12-15,21,24,27-29,31,39-40,44-45H,5-11,16-20,35H2,1-4H3,(H2,36,38,46)/t24-,27-,28-,29?,31-/m1/s1. The Labute approximate surface area is 278 Å². The number of carbonyl (C=O) groups is 2. The molecule has 3 aliphatic rings. The maximum absolute atomic E-state index is 12.9. The summed E-state index contributed by atoms with van der Waals surface area (Å²) >= 11 is 0. The average Bonchev–Trinajstić information content (AvgIpc) is 3.56. The first kappa shape index (κ1) is 35.1. The fraction of sp³-hybridized carbons (Fsp3) is 0.676. The van der Waals surface area contributed by atoms with E-state index in [1.54, 1.807) is 17.9 Å². The van der Waals surface area contributed by atoms with Gasteiger partial charge in [0, 0.05) is 32.2 Å². The second-order valence-electron chi connectivity index (χ2n) is 14.5. The summed E-state index contributed by atoms with van der Waals surface area (Å²) in [4.78, 5) is 31.3. The van der Waals surface area contributed by atoms with Crippen LogP contribution >= 0.6 is 0 Å². The molecular formula is C34H54N8O5. The van der Waals surface area contributed by atoms with Gasteiger partial charge < -0.3 is 41.5 Å². The van der Waals surface area contributed by atoms with Crippen LogP contribution < -0.4 is 27.0 Å². The Hall–Kier alpha value is -3.23. The molecule has 0 radical (unpaired) electrons. The molecule has 8 N–H and O–H groups in total. The monoisotopic (exact) mass is 654 g/mol. The van der Waals surface area contributed by atoms with Gasteiger partial charge in [-0.15, -0.1) is 0 Å². The van der Waals surface area contributed by atoms with Crippen LogP contribution in [0.2, 0.25) is 0 Å². The summed E-state index contributed by atoms with van der Waals surface area (Å²) in [5.41, 5.74) is 8.66. The smallest absolute Gasteiger partial charge is 0.319 e. The molecule has 2 aromatic rings. The zero-order valence-corrected chi connectivity index (χ0v) is 28.3. The largest absolute Gasteiger partial charge is 0.387 e. The molecule has 1 aliphatic carbocycles. The molecule has 5 rings (SSSR count). The predicted molar refractivity (Wildman–Crippen MR) is 181 cm³/mol. The number of carbonyl (C=O) groups excluding carboxylic acids is 2. The summed E-state index contributed by atoms with van der Waals surface area (Å²) in [5, 5.41) is 34.8. The second kappa shape index (κ2) is 14.9. The number of hydrogen-bond acceptors (Lipinski definition) is 9. The topological polar surface area (TPSA) is 179 Å². The van der Waals surface area contributed by atoms with Crippen molar-refractivity contribution in [2.75, 3.05) is 30.8 Å². The molecule has 260 valence electrons. The van der Waals surface area contributed by atoms with Crippen molar-refractivity contribution in [1.82, 2.24) is 25.1 Å². The molecule has 1 saturated heterocycles. The lowest BCUT2D eigenvalue weighted by Crippen LogP contribution is -2.58. The number of ether oxygens (including phenoxy) is 1. The highest BCUT2D eigenvalue weighted by molar-refractivity contribution is 5.89. The lowest BCUT2D eigenvalue weighted by Gasteiger charge is -2.43. The quantitative estimate of drug-likeness (QED) is 0.235. The summed E-state index contributed by atoms with van der Waals surface area (Å²) in [5.74, 6) is 0.453. The van der Waals surface area contributed by atoms with Crippen LogP contribution in [0.15, 0.2) is 30.6 Å². The second-order valence-corrected chi connectivity index (χ2v) is 14.5. The van der Waals surface area contributed by atoms with Crippen LogP contribution in [0.25, 0.3) is 0 Å². The highest BCUT2D eigenvalue weighted by atomic mass is 16.6. The van der Waals surface area contributed by atoms with Gasteiger partial charge in [-0.3, -0.25) is 14.7 Å². The molecule has 3 heterocycles. The third-order valence-corrected chi connectivity index (χ3v) is 9.74. The first-order chi connectivity index (χ1) is 22.4. The average molecular weight is 655 g/mol. The van der Waals surface area contributed by atoms with Crippen LogP contribution in [0, 0.1) is 0 Å². The van der Waals surface area contributed by atoms with Crippen LogP contribution in [-0.4, -0.2) is 80.7 Å². The summed E-state index contributed by atoms with van der Waals surface area (Å²) in [6.45, 7) is 6.58. The van der Waals surface area contributed by atoms with Gasteiger partial charge in [-0.05, 0) is 48.8 Å². The minimum Gasteiger partial charge on any atom is -0.387 e. The van der Waals surface area contributed by atoms with E-state index < -0.39 is 42.4 Å². The minimum atomic E-state index is -1.24. The maximum Gasteiger partial charge on any atom is 0.319 e. The van der Waals surface area contributed by atoms with E-state index in [4.69, 9.17) is 10.5 Å². The van der Waals surface area contributed by atoms with E-state index in [1.807, 2.05) is 24.3 Å². The van der Waals surface area contributed by atoms with Gasteiger partial charge in [0.05, 0.1) is 12.0 Å². The minimum absolute atomic E-state index is 0.0178. The Balaban J connectivity index is 1.14. The lowest BCUT2D eigenvalue weighted by atomic mass is 9.87. The fourth-order valence-electron chi connectivity index (χ4n) is 6.87. The number of nitrogens with two attached hydrogens (primary N) is 1. The maximum atomic E-state index is 12.9. The number of nitrogens with zero attached hydrogens (tertiary/aromatic N) is 3. The van der Waals surface area contributed by atoms with E-state index in [0.29, 0.717) is 17.2 Å². The van der Waals surface area contributed by atoms with Crippen molar-refractivity contribution in [3.8, 4) is 0 Å². The number of urea groups is 1. The molecule has 2 fully saturated rings. The van der Waals surface area contributed by atoms with Crippen LogP contribution in [0.5, 0.6) is 0 Å². The number of aromatic nitrogens is 2. The number of benzene rings is 1. The number of imidazole rings is 1. The molecule has 1 unspecified atom stereocenters. The van der Waals surface area contributed by atoms with Crippen molar-refractivity contribution < 1.29 is 24.5 Å². The van der Waals surface area contributed by atoms with Crippen molar-refractivity contribution in [2.45, 2.75) is 127 Å². The number of hydrogen-bond donors (Lipinski definition) is 7. The number of nitrogens with one attached hydrogen (secondary N) is 4. The first-order valence-electron chi connectivity index (χ1n) is 17.2. The van der Waals surface area contributed by atoms with Gasteiger partial charge in [-0.25, -0.2) is 9.78 Å². The molecule has 1 aromatic heterocycles. The summed E-state index contributed by atoms with van der Waals surface area (Å²) in [6, 6.07) is 7.28. The molecule has 47 heavy (non-hydrogen) atoms. The Morgan fingerprint density at radius 1 is 1.06 bits per heavy atom. The van der Waals surface area contributed by atoms with Gasteiger partial charge in [0.2, 0.25) is 5.91 Å². The van der Waals surface area contributed by atoms with E-state index in [-0.39, 0.29) is 30.8 Å². The van der Waals surface area contributed by atoms with E-state index in [2.05, 4.69) is 47.0 Å². The number of anilines is 2. The van der Waals surface area contributed by atoms with Gasteiger partial charge in [0.15, 0.2) is 6.23 Å². The molecule has 13 heteroatoms. The lowest BCUT2D eigenvalue weighted by molar-refractivity contribution is -0.132. The van der Waals surface area contributed by atoms with E-state index in [0.717, 1.165) is 25.7 Å². The number of likely N-dealkylation sites (N-methyl/N-ethyl adjacent to an activating group) is 1. The molecule has 2 aliphatic heterocycles. The number of amides is 3. The molecule has 1 spiro atoms. The Kier molecular flexibility index (Phi) is 11.1. The molecule has 0 bridgehead atoms. The van der Waals surface area contributed by atoms with Crippen molar-refractivity contribution in [3.05, 3.63) is 41.9 Å². The molecule has 1 aromatic carbocycles. The van der Waals surface area contributed by atoms with Gasteiger partial charge in [0.1, 0.15) is 36.0 Å². The van der Waals surface area contributed by atoms with Gasteiger partial charge in [-0.1, -0.05) is 65.0 Å². The molecule has 1 saturated carbocycles. The zero-order chi connectivity index (χ0) is 33.8. The van der Waals surface area contributed by atoms with Crippen molar-refractivity contribution in [2.24, 2.45) is 5.73 Å². The van der Waals surface area contributed by atoms with Gasteiger partial charge in [0.25, 0.3) is 0 Å². The molecule has 13 nitrogen and oxygen atoms in total. The fourth-order valence-corrected chi connectivity index (χ4v) is 6.87. The van der Waals surface area contributed by atoms with Crippen molar-refractivity contribution in [1.29, 1.82) is 0 Å². The number of aliphatic hydroxyl groups excluding tert-OH is 2. The number of aliphatic hydroxyl groups is 2. The normalized spacial score (nSPS) is 26.2. The summed E-state index contributed by atoms with van der Waals surface area (Å²) in [6.07, 6.45) is 7.06. The zero-order valence-electron chi connectivity index (χ0n) is 28.3. The predicted octanol–water partition coefficient (Wildman–Crippen LogP) is 3.66. The van der Waals surface area contributed by atoms with Gasteiger partial charge >= 0.3 is 6.03 Å². The third kappa shape index (κ3) is 8.44. The van der Waals surface area contributed by atoms with E-state index in [9.17, 15) is 19.8 Å². The van der Waals surface area contributed by atoms with Crippen LogP contribution in [0.3, 0.4) is 0 Å². The highest BCUT2D eigenvalue weighted by Crippen LogP contribution is 2.39. The molecule has 3 amide bonds. The SMILES string of the molecule is CN(C[C@H]1O[C@@H](n2cnc3c2NC2(CCCCCCCCC2)NC3N)[C@H](O)[C@@H]1O)C(=O)CCNC(=O)Nc1ccc(C(C)(C)C)cc1. The number of fused-ring (bicyclic) bond motifs is 1. The van der Waals surface area contributed by atoms with Crippen LogP contribution in [0.4, 0.5) is 16.3 Å². The highest BCUT2D eigenvalue weighted by Gasteiger charge is 2.47. The Morgan fingerprint density at radius 3 is 2.34 bits per heavy atom. The van der Waals surface area contributed by atoms with Gasteiger partial charge in [-0.2, -0.15) is 0 Å². The summed E-state index contributed by atoms with van der Waals surface area (Å²) in [7, 11) is 1.61. The Morgan fingerprint density at radius 2 is 1.70 bits per heavy atom. The third-order valence-electron chi connectivity index (χ3n) is 9.74. The van der Waals surface area contributed by atoms with E-state index in [1.165, 1.54) is 42.6 Å².